The summed E-state index contributed by atoms with van der Waals surface area (Å²) >= 11 is 1.20. The summed E-state index contributed by atoms with van der Waals surface area (Å²) in [5, 5.41) is 21.6. The monoisotopic (exact) mass is 379 g/mol. The molecule has 1 atom stereocenters. The van der Waals surface area contributed by atoms with E-state index in [1.54, 1.807) is 6.92 Å². The van der Waals surface area contributed by atoms with Gasteiger partial charge in [-0.3, -0.25) is 0 Å². The van der Waals surface area contributed by atoms with Crippen molar-refractivity contribution in [3.05, 3.63) is 16.8 Å². The van der Waals surface area contributed by atoms with Gasteiger partial charge in [-0.1, -0.05) is 6.42 Å². The highest BCUT2D eigenvalue weighted by Crippen LogP contribution is 2.34. The molecule has 0 bridgehead atoms. The zero-order chi connectivity index (χ0) is 18.7. The zero-order valence-corrected chi connectivity index (χ0v) is 15.2. The third-order valence-electron chi connectivity index (χ3n) is 4.53. The Kier molecular flexibility index (Phi) is 5.67. The number of carbonyl (C=O) groups excluding carboxylic acids is 1. The number of carbonyl (C=O) groups is 2. The number of aliphatic hydroxyl groups is 1. The summed E-state index contributed by atoms with van der Waals surface area (Å²) in [4.78, 5) is 33.0. The van der Waals surface area contributed by atoms with Gasteiger partial charge in [-0.25, -0.2) is 19.6 Å². The largest absolute Gasteiger partial charge is 0.480 e. The Morgan fingerprint density at radius 3 is 2.73 bits per heavy atom. The average Bonchev–Trinajstić information content (AvgIpc) is 2.98. The van der Waals surface area contributed by atoms with Crippen LogP contribution in [0.2, 0.25) is 0 Å². The molecule has 0 saturated heterocycles. The van der Waals surface area contributed by atoms with Gasteiger partial charge in [-0.2, -0.15) is 0 Å². The number of ether oxygens (including phenoxy) is 1. The quantitative estimate of drug-likeness (QED) is 0.654. The smallest absolute Gasteiger partial charge is 0.348 e. The summed E-state index contributed by atoms with van der Waals surface area (Å²) in [6.07, 6.45) is 6.35. The molecule has 0 amide bonds. The van der Waals surface area contributed by atoms with Gasteiger partial charge in [0.2, 0.25) is 0 Å². The first-order valence-electron chi connectivity index (χ1n) is 8.56. The molecule has 1 aliphatic carbocycles. The predicted molar refractivity (Wildman–Crippen MR) is 96.6 cm³/mol. The number of thiophene rings is 1. The summed E-state index contributed by atoms with van der Waals surface area (Å²) in [5.74, 6) is -1.29. The van der Waals surface area contributed by atoms with E-state index >= 15 is 0 Å². The lowest BCUT2D eigenvalue weighted by molar-refractivity contribution is -0.138. The molecule has 0 aromatic carbocycles. The molecule has 3 rings (SSSR count). The van der Waals surface area contributed by atoms with Crippen molar-refractivity contribution in [2.24, 2.45) is 0 Å². The van der Waals surface area contributed by atoms with Crippen molar-refractivity contribution in [1.82, 2.24) is 9.97 Å². The molecule has 0 spiro atoms. The van der Waals surface area contributed by atoms with Gasteiger partial charge in [-0.15, -0.1) is 11.3 Å². The molecule has 0 radical (unpaired) electrons. The molecule has 140 valence electrons. The van der Waals surface area contributed by atoms with E-state index in [2.05, 4.69) is 15.3 Å². The molecule has 1 unspecified atom stereocenters. The number of carboxylic acids is 1. The molecule has 1 aliphatic rings. The minimum atomic E-state index is -1.19. The molecule has 2 aromatic rings. The normalized spacial score (nSPS) is 16.4. The lowest BCUT2D eigenvalue weighted by atomic mass is 9.98. The number of hydrogen-bond donors (Lipinski definition) is 3. The highest BCUT2D eigenvalue weighted by molar-refractivity contribution is 7.20. The topological polar surface area (TPSA) is 122 Å². The number of anilines is 1. The second-order valence-corrected chi connectivity index (χ2v) is 7.34. The summed E-state index contributed by atoms with van der Waals surface area (Å²) < 4.78 is 5.64. The van der Waals surface area contributed by atoms with Gasteiger partial charge in [0.25, 0.3) is 0 Å². The van der Waals surface area contributed by atoms with Crippen LogP contribution in [-0.4, -0.2) is 50.9 Å². The Balaban J connectivity index is 1.88. The third-order valence-corrected chi connectivity index (χ3v) is 5.71. The number of carboxylic acid groups (broad SMARTS) is 1. The first-order valence-corrected chi connectivity index (χ1v) is 9.38. The highest BCUT2D eigenvalue weighted by atomic mass is 32.1. The summed E-state index contributed by atoms with van der Waals surface area (Å²) in [6.45, 7) is 1.18. The van der Waals surface area contributed by atoms with Crippen molar-refractivity contribution in [3.8, 4) is 0 Å². The molecule has 2 heterocycles. The van der Waals surface area contributed by atoms with E-state index in [4.69, 9.17) is 9.84 Å². The van der Waals surface area contributed by atoms with Crippen molar-refractivity contribution in [1.29, 1.82) is 0 Å². The molecule has 8 nitrogen and oxygen atoms in total. The number of hydrogen-bond acceptors (Lipinski definition) is 8. The van der Waals surface area contributed by atoms with E-state index in [0.717, 1.165) is 25.7 Å². The van der Waals surface area contributed by atoms with Crippen molar-refractivity contribution in [2.45, 2.75) is 51.2 Å². The van der Waals surface area contributed by atoms with Gasteiger partial charge in [0.15, 0.2) is 0 Å². The number of aromatic nitrogens is 2. The van der Waals surface area contributed by atoms with Gasteiger partial charge in [0.05, 0.1) is 12.0 Å². The Hall–Kier alpha value is -2.26. The Labute approximate surface area is 154 Å². The molecule has 2 aromatic heterocycles. The van der Waals surface area contributed by atoms with Crippen molar-refractivity contribution in [3.63, 3.8) is 0 Å². The summed E-state index contributed by atoms with van der Waals surface area (Å²) in [7, 11) is 0. The minimum absolute atomic E-state index is 0.0460. The number of aliphatic hydroxyl groups excluding tert-OH is 1. The highest BCUT2D eigenvalue weighted by Gasteiger charge is 2.25. The third kappa shape index (κ3) is 3.78. The number of aryl methyl sites for hydroxylation is 1. The van der Waals surface area contributed by atoms with Crippen LogP contribution in [0.5, 0.6) is 0 Å². The number of nitrogens with zero attached hydrogens (tertiary/aromatic N) is 2. The maximum atomic E-state index is 12.6. The van der Waals surface area contributed by atoms with E-state index in [1.807, 2.05) is 0 Å². The molecular weight excluding hydrogens is 358 g/mol. The van der Waals surface area contributed by atoms with E-state index in [9.17, 15) is 14.7 Å². The first-order chi connectivity index (χ1) is 12.5. The number of rotatable bonds is 6. The average molecular weight is 379 g/mol. The fourth-order valence-corrected chi connectivity index (χ4v) is 4.15. The molecule has 9 heteroatoms. The SMILES string of the molecule is Cc1c(C(=O)OC2CCCCC2)sc2ncnc(NC(CO)C(=O)O)c12. The van der Waals surface area contributed by atoms with E-state index in [-0.39, 0.29) is 17.9 Å². The van der Waals surface area contributed by atoms with Crippen LogP contribution < -0.4 is 5.32 Å². The predicted octanol–water partition coefficient (Wildman–Crippen LogP) is 2.35. The van der Waals surface area contributed by atoms with Crippen molar-refractivity contribution in [2.75, 3.05) is 11.9 Å². The molecule has 26 heavy (non-hydrogen) atoms. The summed E-state index contributed by atoms with van der Waals surface area (Å²) in [5.41, 5.74) is 0.649. The van der Waals surface area contributed by atoms with Gasteiger partial charge < -0.3 is 20.3 Å². The molecular formula is C17H21N3O5S. The Morgan fingerprint density at radius 1 is 1.35 bits per heavy atom. The van der Waals surface area contributed by atoms with Gasteiger partial charge in [0.1, 0.15) is 34.0 Å². The maximum Gasteiger partial charge on any atom is 0.348 e. The van der Waals surface area contributed by atoms with Crippen LogP contribution in [0, 0.1) is 6.92 Å². The number of nitrogens with one attached hydrogen (secondary N) is 1. The first kappa shape index (κ1) is 18.5. The lowest BCUT2D eigenvalue weighted by Gasteiger charge is -2.21. The second-order valence-electron chi connectivity index (χ2n) is 6.34. The Bertz CT molecular complexity index is 816. The van der Waals surface area contributed by atoms with Gasteiger partial charge >= 0.3 is 11.9 Å². The van der Waals surface area contributed by atoms with Crippen LogP contribution in [0.3, 0.4) is 0 Å². The van der Waals surface area contributed by atoms with Crippen LogP contribution in [0.15, 0.2) is 6.33 Å². The van der Waals surface area contributed by atoms with Gasteiger partial charge in [-0.05, 0) is 38.2 Å². The minimum Gasteiger partial charge on any atom is -0.480 e. The molecule has 3 N–H and O–H groups in total. The van der Waals surface area contributed by atoms with Crippen LogP contribution in [0.1, 0.15) is 47.3 Å². The number of aliphatic carboxylic acids is 1. The maximum absolute atomic E-state index is 12.6. The molecule has 0 aliphatic heterocycles. The zero-order valence-electron chi connectivity index (χ0n) is 14.4. The van der Waals surface area contributed by atoms with Crippen LogP contribution in [0.4, 0.5) is 5.82 Å². The number of esters is 1. The van der Waals surface area contributed by atoms with E-state index < -0.39 is 18.6 Å². The van der Waals surface area contributed by atoms with E-state index in [0.29, 0.717) is 20.7 Å². The van der Waals surface area contributed by atoms with Crippen LogP contribution in [0.25, 0.3) is 10.2 Å². The van der Waals surface area contributed by atoms with Gasteiger partial charge in [0, 0.05) is 0 Å². The molecule has 1 saturated carbocycles. The molecule has 1 fully saturated rings. The van der Waals surface area contributed by atoms with Crippen molar-refractivity contribution >= 4 is 39.3 Å². The van der Waals surface area contributed by atoms with Crippen LogP contribution in [-0.2, 0) is 9.53 Å². The number of fused-ring (bicyclic) bond motifs is 1. The fourth-order valence-electron chi connectivity index (χ4n) is 3.11. The van der Waals surface area contributed by atoms with E-state index in [1.165, 1.54) is 24.1 Å². The van der Waals surface area contributed by atoms with Crippen LogP contribution >= 0.6 is 11.3 Å². The van der Waals surface area contributed by atoms with Crippen molar-refractivity contribution < 1.29 is 24.5 Å². The Morgan fingerprint density at radius 2 is 2.08 bits per heavy atom. The summed E-state index contributed by atoms with van der Waals surface area (Å²) in [6, 6.07) is -1.19. The standard InChI is InChI=1S/C17H21N3O5S/c1-9-12-14(20-11(7-21)16(22)23)18-8-19-15(12)26-13(9)17(24)25-10-5-3-2-4-6-10/h8,10-11,21H,2-7H2,1H3,(H,22,23)(H,18,19,20). The second kappa shape index (κ2) is 7.96. The lowest BCUT2D eigenvalue weighted by Crippen LogP contribution is -2.33. The fraction of sp³-hybridized carbons (Fsp3) is 0.529.